The van der Waals surface area contributed by atoms with Crippen molar-refractivity contribution in [3.63, 3.8) is 0 Å². The minimum absolute atomic E-state index is 0.120. The normalized spacial score (nSPS) is 13.9. The first-order valence-corrected chi connectivity index (χ1v) is 15.8. The van der Waals surface area contributed by atoms with Crippen molar-refractivity contribution >= 4 is 22.7 Å². The Kier molecular flexibility index (Phi) is 7.59. The average Bonchev–Trinajstić information content (AvgIpc) is 2.47. The molecule has 3 nitrogen and oxygen atoms in total. The summed E-state index contributed by atoms with van der Waals surface area (Å²) in [7, 11) is -3.97. The highest BCUT2D eigenvalue weighted by Gasteiger charge is 2.42. The third kappa shape index (κ3) is 6.23. The third-order valence-electron chi connectivity index (χ3n) is 5.97. The molecule has 0 bridgehead atoms. The summed E-state index contributed by atoms with van der Waals surface area (Å²) in [4.78, 5) is 0. The van der Waals surface area contributed by atoms with E-state index in [1.54, 1.807) is 0 Å². The first-order chi connectivity index (χ1) is 12.1. The molecule has 0 atom stereocenters. The smallest absolute Gasteiger partial charge is 0.250 e. The van der Waals surface area contributed by atoms with Gasteiger partial charge < -0.3 is 14.6 Å². The monoisotopic (exact) mass is 407 g/mol. The Morgan fingerprint density at radius 3 is 1.89 bits per heavy atom. The Morgan fingerprint density at radius 1 is 0.889 bits per heavy atom. The zero-order valence-electron chi connectivity index (χ0n) is 19.2. The number of rotatable bonds is 7. The van der Waals surface area contributed by atoms with E-state index in [9.17, 15) is 0 Å². The number of para-hydroxylation sites is 1. The molecule has 1 aromatic rings. The maximum atomic E-state index is 6.77. The molecule has 0 aliphatic carbocycles. The molecule has 0 unspecified atom stereocenters. The predicted molar refractivity (Wildman–Crippen MR) is 125 cm³/mol. The fraction of sp³-hybridized carbons (Fsp3) is 0.636. The molecule has 1 aromatic carbocycles. The van der Waals surface area contributed by atoms with Gasteiger partial charge in [-0.3, -0.25) is 0 Å². The van der Waals surface area contributed by atoms with Gasteiger partial charge in [-0.05, 0) is 55.3 Å². The summed E-state index contributed by atoms with van der Waals surface area (Å²) in [6.45, 7) is 23.3. The fourth-order valence-corrected chi connectivity index (χ4v) is 4.05. The molecule has 5 heteroatoms. The van der Waals surface area contributed by atoms with Crippen molar-refractivity contribution < 1.29 is 8.85 Å². The zero-order valence-corrected chi connectivity index (χ0v) is 21.2. The molecule has 0 aromatic heterocycles. The van der Waals surface area contributed by atoms with E-state index < -0.39 is 16.6 Å². The van der Waals surface area contributed by atoms with Crippen LogP contribution < -0.4 is 14.6 Å². The van der Waals surface area contributed by atoms with Gasteiger partial charge in [-0.1, -0.05) is 65.8 Å². The lowest BCUT2D eigenvalue weighted by Crippen LogP contribution is -2.46. The number of hydrogen-bond donors (Lipinski definition) is 1. The first kappa shape index (κ1) is 24.0. The van der Waals surface area contributed by atoms with Crippen LogP contribution in [0, 0.1) is 0 Å². The van der Waals surface area contributed by atoms with Crippen LogP contribution in [-0.4, -0.2) is 23.2 Å². The molecule has 0 fully saturated rings. The van der Waals surface area contributed by atoms with Gasteiger partial charge >= 0.3 is 0 Å². The molecule has 154 valence electrons. The summed E-state index contributed by atoms with van der Waals surface area (Å²) in [6.07, 6.45) is 5.09. The van der Waals surface area contributed by atoms with Gasteiger partial charge in [-0.25, -0.2) is 0 Å². The lowest BCUT2D eigenvalue weighted by molar-refractivity contribution is 0.440. The highest BCUT2D eigenvalue weighted by atomic mass is 28.4. The van der Waals surface area contributed by atoms with Crippen LogP contribution in [0.5, 0.6) is 11.5 Å². The van der Waals surface area contributed by atoms with Crippen LogP contribution in [0.1, 0.15) is 53.5 Å². The molecule has 27 heavy (non-hydrogen) atoms. The van der Waals surface area contributed by atoms with Crippen molar-refractivity contribution in [1.29, 1.82) is 0 Å². The van der Waals surface area contributed by atoms with E-state index in [1.165, 1.54) is 0 Å². The van der Waals surface area contributed by atoms with Crippen molar-refractivity contribution in [2.45, 2.75) is 84.2 Å². The molecule has 0 saturated carbocycles. The maximum Gasteiger partial charge on any atom is 0.250 e. The van der Waals surface area contributed by atoms with E-state index in [4.69, 9.17) is 14.6 Å². The number of nitrogens with two attached hydrogens (primary N) is 1. The van der Waals surface area contributed by atoms with Crippen LogP contribution >= 0.6 is 0 Å². The summed E-state index contributed by atoms with van der Waals surface area (Å²) < 4.78 is 13.5. The Bertz CT molecular complexity index is 653. The summed E-state index contributed by atoms with van der Waals surface area (Å²) in [5.41, 5.74) is 6.73. The molecule has 0 spiro atoms. The van der Waals surface area contributed by atoms with Crippen LogP contribution in [0.2, 0.25) is 36.3 Å². The highest BCUT2D eigenvalue weighted by molar-refractivity contribution is 6.75. The quantitative estimate of drug-likeness (QED) is 0.504. The second-order valence-corrected chi connectivity index (χ2v) is 19.8. The van der Waals surface area contributed by atoms with Crippen LogP contribution in [0.3, 0.4) is 0 Å². The Labute approximate surface area is 169 Å². The van der Waals surface area contributed by atoms with Crippen LogP contribution in [0.25, 0.3) is 6.08 Å². The summed E-state index contributed by atoms with van der Waals surface area (Å²) in [5, 5.41) is 0.252. The maximum absolute atomic E-state index is 6.77. The van der Waals surface area contributed by atoms with Crippen LogP contribution in [-0.2, 0) is 0 Å². The van der Waals surface area contributed by atoms with E-state index in [-0.39, 0.29) is 10.1 Å². The molecule has 2 N–H and O–H groups in total. The van der Waals surface area contributed by atoms with Gasteiger partial charge in [0.2, 0.25) is 0 Å². The third-order valence-corrected chi connectivity index (χ3v) is 14.6. The molecule has 0 aliphatic rings. The van der Waals surface area contributed by atoms with Gasteiger partial charge in [0, 0.05) is 5.56 Å². The predicted octanol–water partition coefficient (Wildman–Crippen LogP) is 6.82. The van der Waals surface area contributed by atoms with Crippen molar-refractivity contribution in [2.24, 2.45) is 5.73 Å². The van der Waals surface area contributed by atoms with Gasteiger partial charge in [0.1, 0.15) is 5.75 Å². The topological polar surface area (TPSA) is 44.5 Å². The second kappa shape index (κ2) is 8.54. The summed E-state index contributed by atoms with van der Waals surface area (Å²) >= 11 is 0. The van der Waals surface area contributed by atoms with Crippen molar-refractivity contribution in [3.8, 4) is 11.5 Å². The molecule has 0 heterocycles. The van der Waals surface area contributed by atoms with Crippen molar-refractivity contribution in [3.05, 3.63) is 29.8 Å². The molecule has 0 aliphatic heterocycles. The van der Waals surface area contributed by atoms with Gasteiger partial charge in [0.25, 0.3) is 16.6 Å². The van der Waals surface area contributed by atoms with E-state index >= 15 is 0 Å². The van der Waals surface area contributed by atoms with Crippen molar-refractivity contribution in [2.75, 3.05) is 6.54 Å². The van der Waals surface area contributed by atoms with Crippen LogP contribution in [0.4, 0.5) is 0 Å². The summed E-state index contributed by atoms with van der Waals surface area (Å²) in [5.74, 6) is 1.77. The van der Waals surface area contributed by atoms with Gasteiger partial charge in [0.05, 0.1) is 0 Å². The molecular weight excluding hydrogens is 366 g/mol. The standard InChI is InChI=1S/C22H41NO2Si2/c1-21(2,3)26(7,8)24-19-16-13-15-18(14-11-12-17-23)20(19)25-27(9,10)22(4,5)6/h11,13-16H,12,17,23H2,1-10H3. The van der Waals surface area contributed by atoms with Gasteiger partial charge in [0.15, 0.2) is 5.75 Å². The SMILES string of the molecule is CC(C)(C)[Si](C)(C)Oc1cccc(C=CCCN)c1O[Si](C)(C)C(C)(C)C. The molecule has 0 saturated heterocycles. The van der Waals surface area contributed by atoms with E-state index in [1.807, 2.05) is 0 Å². The lowest BCUT2D eigenvalue weighted by atomic mass is 10.1. The second-order valence-electron chi connectivity index (χ2n) is 10.4. The Balaban J connectivity index is 3.44. The minimum atomic E-state index is -2.00. The van der Waals surface area contributed by atoms with E-state index in [0.717, 1.165) is 23.5 Å². The van der Waals surface area contributed by atoms with E-state index in [0.29, 0.717) is 6.54 Å². The molecular formula is C22H41NO2Si2. The van der Waals surface area contributed by atoms with Crippen LogP contribution in [0.15, 0.2) is 24.3 Å². The average molecular weight is 408 g/mol. The number of benzene rings is 1. The fourth-order valence-electron chi connectivity index (χ4n) is 2.00. The van der Waals surface area contributed by atoms with E-state index in [2.05, 4.69) is 98.1 Å². The largest absolute Gasteiger partial charge is 0.541 e. The Hall–Kier alpha value is -1.05. The molecule has 1 rings (SSSR count). The zero-order chi connectivity index (χ0) is 21.1. The minimum Gasteiger partial charge on any atom is -0.541 e. The molecule has 0 amide bonds. The van der Waals surface area contributed by atoms with Gasteiger partial charge in [-0.2, -0.15) is 0 Å². The van der Waals surface area contributed by atoms with Crippen molar-refractivity contribution in [1.82, 2.24) is 0 Å². The lowest BCUT2D eigenvalue weighted by Gasteiger charge is -2.40. The molecule has 0 radical (unpaired) electrons. The highest BCUT2D eigenvalue weighted by Crippen LogP contribution is 2.45. The van der Waals surface area contributed by atoms with Gasteiger partial charge in [-0.15, -0.1) is 0 Å². The number of hydrogen-bond acceptors (Lipinski definition) is 3. The summed E-state index contributed by atoms with van der Waals surface area (Å²) in [6, 6.07) is 6.22. The first-order valence-electron chi connectivity index (χ1n) is 10.00. The Morgan fingerprint density at radius 2 is 1.41 bits per heavy atom.